The summed E-state index contributed by atoms with van der Waals surface area (Å²) in [7, 11) is 0.0282. The molecule has 0 spiro atoms. The highest BCUT2D eigenvalue weighted by molar-refractivity contribution is 6.74. The first-order valence-electron chi connectivity index (χ1n) is 16.5. The number of carbonyl (C=O) groups is 1. The number of fused-ring (bicyclic) bond motifs is 1. The minimum atomic E-state index is -2.12. The zero-order valence-corrected chi connectivity index (χ0v) is 30.6. The molecule has 2 aliphatic rings. The second-order valence-electron chi connectivity index (χ2n) is 15.8. The van der Waals surface area contributed by atoms with E-state index in [9.17, 15) is 10.1 Å². The van der Waals surface area contributed by atoms with E-state index in [1.807, 2.05) is 43.8 Å². The van der Waals surface area contributed by atoms with Gasteiger partial charge in [-0.05, 0) is 95.6 Å². The molecule has 1 fully saturated rings. The Hall–Kier alpha value is -3.79. The fourth-order valence-corrected chi connectivity index (χ4v) is 6.97. The van der Waals surface area contributed by atoms with Crippen molar-refractivity contribution in [2.45, 2.75) is 96.5 Å². The first-order valence-corrected chi connectivity index (χ1v) is 19.4. The van der Waals surface area contributed by atoms with Crippen LogP contribution in [0.5, 0.6) is 0 Å². The smallest absolute Gasteiger partial charge is 0.414 e. The van der Waals surface area contributed by atoms with E-state index in [0.717, 1.165) is 42.7 Å². The van der Waals surface area contributed by atoms with Crippen LogP contribution in [-0.4, -0.2) is 77.9 Å². The average Bonchev–Trinajstić information content (AvgIpc) is 3.57. The van der Waals surface area contributed by atoms with E-state index in [2.05, 4.69) is 74.2 Å². The van der Waals surface area contributed by atoms with Crippen LogP contribution >= 0.6 is 0 Å². The summed E-state index contributed by atoms with van der Waals surface area (Å²) in [4.78, 5) is 26.8. The van der Waals surface area contributed by atoms with E-state index in [-0.39, 0.29) is 5.04 Å². The molecule has 1 atom stereocenters. The summed E-state index contributed by atoms with van der Waals surface area (Å²) < 4.78 is 14.6. The molecule has 1 unspecified atom stereocenters. The maximum atomic E-state index is 13.6. The van der Waals surface area contributed by atoms with Crippen LogP contribution in [0.2, 0.25) is 18.1 Å². The fourth-order valence-electron chi connectivity index (χ4n) is 5.85. The van der Waals surface area contributed by atoms with Gasteiger partial charge in [0.1, 0.15) is 11.7 Å². The molecular formula is C35H50N8O3Si. The number of nitrogens with zero attached hydrogens (tertiary/aromatic N) is 7. The molecule has 0 bridgehead atoms. The number of hydrogen-bond donors (Lipinski definition) is 1. The fraction of sp³-hybridized carbons (Fsp3) is 0.571. The molecule has 0 saturated carbocycles. The van der Waals surface area contributed by atoms with E-state index >= 15 is 0 Å². The average molecular weight is 659 g/mol. The van der Waals surface area contributed by atoms with Crippen molar-refractivity contribution < 1.29 is 14.0 Å². The number of piperidine rings is 1. The lowest BCUT2D eigenvalue weighted by Gasteiger charge is -2.39. The SMILES string of the molecule is CN1CCC(n2cc(Nc3nccc(-c4cc(C#N)c5c(c4)C(C)(CO[Si](C)(C)C(C)(C)C)CN5C(=O)OC(C)(C)C)n3)cn2)CC1. The van der Waals surface area contributed by atoms with Gasteiger partial charge in [0, 0.05) is 36.5 Å². The number of benzene rings is 1. The molecule has 1 amide bonds. The highest BCUT2D eigenvalue weighted by Gasteiger charge is 2.47. The molecule has 47 heavy (non-hydrogen) atoms. The monoisotopic (exact) mass is 658 g/mol. The second-order valence-corrected chi connectivity index (χ2v) is 20.7. The van der Waals surface area contributed by atoms with Crippen molar-refractivity contribution in [1.29, 1.82) is 5.26 Å². The Morgan fingerprint density at radius 1 is 1.17 bits per heavy atom. The molecule has 5 rings (SSSR count). The van der Waals surface area contributed by atoms with Crippen LogP contribution in [0, 0.1) is 11.3 Å². The number of anilines is 3. The van der Waals surface area contributed by atoms with Gasteiger partial charge in [0.05, 0.1) is 34.9 Å². The van der Waals surface area contributed by atoms with E-state index in [1.54, 1.807) is 23.4 Å². The van der Waals surface area contributed by atoms with Crippen molar-refractivity contribution in [2.75, 3.05) is 43.5 Å². The van der Waals surface area contributed by atoms with Crippen LogP contribution in [0.15, 0.2) is 36.8 Å². The van der Waals surface area contributed by atoms with Gasteiger partial charge in [-0.25, -0.2) is 14.8 Å². The number of ether oxygens (including phenoxy) is 1. The normalized spacial score (nSPS) is 19.4. The molecule has 12 heteroatoms. The van der Waals surface area contributed by atoms with Gasteiger partial charge in [0.2, 0.25) is 5.95 Å². The van der Waals surface area contributed by atoms with Crippen LogP contribution < -0.4 is 10.2 Å². The molecule has 2 aromatic heterocycles. The maximum Gasteiger partial charge on any atom is 0.414 e. The van der Waals surface area contributed by atoms with Crippen molar-refractivity contribution in [3.63, 3.8) is 0 Å². The van der Waals surface area contributed by atoms with Gasteiger partial charge in [-0.15, -0.1) is 0 Å². The van der Waals surface area contributed by atoms with E-state index < -0.39 is 25.4 Å². The van der Waals surface area contributed by atoms with E-state index in [0.29, 0.717) is 42.1 Å². The molecular weight excluding hydrogens is 609 g/mol. The Labute approximate surface area is 280 Å². The Bertz CT molecular complexity index is 1660. The largest absolute Gasteiger partial charge is 0.443 e. The number of carbonyl (C=O) groups excluding carboxylic acids is 1. The first-order chi connectivity index (χ1) is 21.9. The molecule has 11 nitrogen and oxygen atoms in total. The van der Waals surface area contributed by atoms with Crippen LogP contribution in [0.3, 0.4) is 0 Å². The standard InChI is InChI=1S/C35H50N8O3Si/c1-33(2,3)46-32(44)42-22-35(7,23-45-47(9,10)34(4,5)6)28-18-24(17-25(19-36)30(28)42)29-11-14-37-31(40-29)39-26-20-38-43(21-26)27-12-15-41(8)16-13-27/h11,14,17-18,20-21,27H,12-13,15-16,22-23H2,1-10H3,(H,37,39,40). The predicted molar refractivity (Wildman–Crippen MR) is 188 cm³/mol. The molecule has 3 aromatic rings. The zero-order chi connectivity index (χ0) is 34.4. The number of hydrogen-bond acceptors (Lipinski definition) is 9. The van der Waals surface area contributed by atoms with Gasteiger partial charge in [-0.2, -0.15) is 10.4 Å². The molecule has 252 valence electrons. The summed E-state index contributed by atoms with van der Waals surface area (Å²) in [6.07, 6.45) is 7.17. The number of nitriles is 1. The predicted octanol–water partition coefficient (Wildman–Crippen LogP) is 7.26. The van der Waals surface area contributed by atoms with Crippen molar-refractivity contribution in [3.8, 4) is 17.3 Å². The molecule has 2 aliphatic heterocycles. The lowest BCUT2D eigenvalue weighted by Crippen LogP contribution is -2.46. The van der Waals surface area contributed by atoms with Gasteiger partial charge >= 0.3 is 6.09 Å². The molecule has 0 aliphatic carbocycles. The Balaban J connectivity index is 1.48. The van der Waals surface area contributed by atoms with Gasteiger partial charge in [-0.1, -0.05) is 27.7 Å². The summed E-state index contributed by atoms with van der Waals surface area (Å²) in [5.41, 5.74) is 2.78. The lowest BCUT2D eigenvalue weighted by molar-refractivity contribution is 0.0575. The number of likely N-dealkylation sites (tertiary alicyclic amines) is 1. The number of amides is 1. The Kier molecular flexibility index (Phi) is 9.31. The minimum Gasteiger partial charge on any atom is -0.443 e. The minimum absolute atomic E-state index is 0.0171. The summed E-state index contributed by atoms with van der Waals surface area (Å²) in [6, 6.07) is 8.40. The number of aromatic nitrogens is 4. The van der Waals surface area contributed by atoms with Crippen LogP contribution in [0.1, 0.15) is 78.5 Å². The van der Waals surface area contributed by atoms with E-state index in [4.69, 9.17) is 14.1 Å². The highest BCUT2D eigenvalue weighted by atomic mass is 28.4. The van der Waals surface area contributed by atoms with Gasteiger partial charge in [-0.3, -0.25) is 9.58 Å². The molecule has 0 radical (unpaired) electrons. The van der Waals surface area contributed by atoms with Crippen molar-refractivity contribution in [2.24, 2.45) is 0 Å². The molecule has 1 aromatic carbocycles. The summed E-state index contributed by atoms with van der Waals surface area (Å²) >= 11 is 0. The summed E-state index contributed by atoms with van der Waals surface area (Å²) in [5, 5.41) is 18.3. The van der Waals surface area contributed by atoms with Crippen molar-refractivity contribution in [3.05, 3.63) is 47.9 Å². The van der Waals surface area contributed by atoms with E-state index in [1.165, 1.54) is 0 Å². The maximum absolute atomic E-state index is 13.6. The summed E-state index contributed by atoms with van der Waals surface area (Å²) in [6.45, 7) is 21.6. The third-order valence-electron chi connectivity index (χ3n) is 9.70. The van der Waals surface area contributed by atoms with Gasteiger partial charge in [0.25, 0.3) is 0 Å². The topological polar surface area (TPSA) is 121 Å². The van der Waals surface area contributed by atoms with Crippen molar-refractivity contribution in [1.82, 2.24) is 24.6 Å². The molecule has 1 N–H and O–H groups in total. The third-order valence-corrected chi connectivity index (χ3v) is 14.2. The lowest BCUT2D eigenvalue weighted by atomic mass is 9.83. The molecule has 4 heterocycles. The quantitative estimate of drug-likeness (QED) is 0.262. The van der Waals surface area contributed by atoms with Crippen molar-refractivity contribution >= 4 is 31.7 Å². The van der Waals surface area contributed by atoms with Gasteiger partial charge < -0.3 is 19.4 Å². The zero-order valence-electron chi connectivity index (χ0n) is 29.6. The van der Waals surface area contributed by atoms with Gasteiger partial charge in [0.15, 0.2) is 8.32 Å². The number of rotatable bonds is 7. The Morgan fingerprint density at radius 2 is 1.87 bits per heavy atom. The number of nitrogens with one attached hydrogen (secondary N) is 1. The summed E-state index contributed by atoms with van der Waals surface area (Å²) in [5.74, 6) is 0.434. The highest BCUT2D eigenvalue weighted by Crippen LogP contribution is 2.47. The van der Waals surface area contributed by atoms with Crippen LogP contribution in [-0.2, 0) is 14.6 Å². The second kappa shape index (κ2) is 12.7. The van der Waals surface area contributed by atoms with Crippen LogP contribution in [0.25, 0.3) is 11.3 Å². The van der Waals surface area contributed by atoms with Crippen LogP contribution in [0.4, 0.5) is 22.1 Å². The third kappa shape index (κ3) is 7.53. The first kappa shape index (κ1) is 34.5. The Morgan fingerprint density at radius 3 is 2.51 bits per heavy atom. The molecule has 1 saturated heterocycles.